The molecule has 0 aromatic heterocycles. The molecule has 2 aliphatic rings. The number of carbonyl (C=O) groups is 1. The molecule has 2 N–H and O–H groups in total. The van der Waals surface area contributed by atoms with E-state index in [1.807, 2.05) is 0 Å². The number of benzene rings is 1. The molecule has 1 aliphatic heterocycles. The molecule has 0 saturated heterocycles. The summed E-state index contributed by atoms with van der Waals surface area (Å²) in [5.74, 6) is -0.295. The third kappa shape index (κ3) is 2.31. The Morgan fingerprint density at radius 1 is 1.16 bits per heavy atom. The molecular weight excluding hydrogens is 243 g/mol. The predicted molar refractivity (Wildman–Crippen MR) is 73.8 cm³/mol. The van der Waals surface area contributed by atoms with E-state index in [-0.39, 0.29) is 17.3 Å². The standard InChI is InChI=1S/C15H19FN2O/c1-10-7-13-12(8-11(10)16)17-14(19)9-15(18-13)5-3-2-4-6-15/h7-8,18H,2-6,9H2,1H3,(H,17,19). The number of aryl methyl sites for hydroxylation is 1. The minimum absolute atomic E-state index is 0.0172. The average Bonchev–Trinajstić information content (AvgIpc) is 2.47. The molecule has 1 spiro atoms. The summed E-state index contributed by atoms with van der Waals surface area (Å²) in [5, 5.41) is 6.34. The quantitative estimate of drug-likeness (QED) is 0.750. The van der Waals surface area contributed by atoms with Gasteiger partial charge in [-0.25, -0.2) is 4.39 Å². The fourth-order valence-corrected chi connectivity index (χ4v) is 3.25. The van der Waals surface area contributed by atoms with E-state index >= 15 is 0 Å². The zero-order valence-corrected chi connectivity index (χ0v) is 11.2. The van der Waals surface area contributed by atoms with Crippen molar-refractivity contribution >= 4 is 17.3 Å². The maximum Gasteiger partial charge on any atom is 0.226 e. The predicted octanol–water partition coefficient (Wildman–Crippen LogP) is 3.59. The van der Waals surface area contributed by atoms with Gasteiger partial charge in [-0.05, 0) is 37.5 Å². The van der Waals surface area contributed by atoms with Gasteiger partial charge in [0.15, 0.2) is 0 Å². The Labute approximate surface area is 112 Å². The van der Waals surface area contributed by atoms with E-state index in [1.165, 1.54) is 12.5 Å². The van der Waals surface area contributed by atoms with Crippen LogP contribution in [-0.2, 0) is 4.79 Å². The molecular formula is C15H19FN2O. The highest BCUT2D eigenvalue weighted by Gasteiger charge is 2.37. The van der Waals surface area contributed by atoms with E-state index in [2.05, 4.69) is 10.6 Å². The molecule has 0 atom stereocenters. The number of nitrogens with one attached hydrogen (secondary N) is 2. The lowest BCUT2D eigenvalue weighted by Crippen LogP contribution is -2.41. The molecule has 0 bridgehead atoms. The highest BCUT2D eigenvalue weighted by Crippen LogP contribution is 2.39. The largest absolute Gasteiger partial charge is 0.377 e. The van der Waals surface area contributed by atoms with Crippen molar-refractivity contribution in [2.45, 2.75) is 51.0 Å². The number of halogens is 1. The number of hydrogen-bond acceptors (Lipinski definition) is 2. The molecule has 1 aromatic rings. The second-order valence-electron chi connectivity index (χ2n) is 5.84. The van der Waals surface area contributed by atoms with Crippen molar-refractivity contribution in [1.29, 1.82) is 0 Å². The Kier molecular flexibility index (Phi) is 2.96. The van der Waals surface area contributed by atoms with Crippen LogP contribution in [0.1, 0.15) is 44.1 Å². The van der Waals surface area contributed by atoms with Crippen LogP contribution >= 0.6 is 0 Å². The molecule has 0 unspecified atom stereocenters. The summed E-state index contributed by atoms with van der Waals surface area (Å²) in [7, 11) is 0. The molecule has 1 amide bonds. The maximum absolute atomic E-state index is 13.6. The monoisotopic (exact) mass is 262 g/mol. The van der Waals surface area contributed by atoms with Gasteiger partial charge in [0.1, 0.15) is 5.82 Å². The van der Waals surface area contributed by atoms with Crippen molar-refractivity contribution in [2.75, 3.05) is 10.6 Å². The summed E-state index contributed by atoms with van der Waals surface area (Å²) in [6, 6.07) is 3.21. The van der Waals surface area contributed by atoms with Crippen LogP contribution in [0.4, 0.5) is 15.8 Å². The van der Waals surface area contributed by atoms with Gasteiger partial charge in [0.2, 0.25) is 5.91 Å². The first-order chi connectivity index (χ1) is 9.08. The van der Waals surface area contributed by atoms with Gasteiger partial charge in [0.05, 0.1) is 11.4 Å². The fourth-order valence-electron chi connectivity index (χ4n) is 3.25. The van der Waals surface area contributed by atoms with Crippen molar-refractivity contribution in [3.05, 3.63) is 23.5 Å². The van der Waals surface area contributed by atoms with Gasteiger partial charge in [-0.3, -0.25) is 4.79 Å². The Hall–Kier alpha value is -1.58. The minimum Gasteiger partial charge on any atom is -0.377 e. The second-order valence-corrected chi connectivity index (χ2v) is 5.84. The first-order valence-electron chi connectivity index (χ1n) is 6.96. The minimum atomic E-state index is -0.277. The molecule has 3 rings (SSSR count). The van der Waals surface area contributed by atoms with Gasteiger partial charge in [-0.1, -0.05) is 19.3 Å². The number of rotatable bonds is 0. The van der Waals surface area contributed by atoms with Crippen molar-refractivity contribution in [3.63, 3.8) is 0 Å². The van der Waals surface area contributed by atoms with Gasteiger partial charge >= 0.3 is 0 Å². The van der Waals surface area contributed by atoms with Crippen LogP contribution in [0.25, 0.3) is 0 Å². The van der Waals surface area contributed by atoms with Crippen molar-refractivity contribution in [1.82, 2.24) is 0 Å². The summed E-state index contributed by atoms with van der Waals surface area (Å²) in [6.45, 7) is 1.75. The van der Waals surface area contributed by atoms with E-state index in [0.717, 1.165) is 31.4 Å². The van der Waals surface area contributed by atoms with Crippen molar-refractivity contribution in [3.8, 4) is 0 Å². The first kappa shape index (κ1) is 12.5. The van der Waals surface area contributed by atoms with Gasteiger partial charge in [-0.15, -0.1) is 0 Å². The average molecular weight is 262 g/mol. The molecule has 3 nitrogen and oxygen atoms in total. The maximum atomic E-state index is 13.6. The summed E-state index contributed by atoms with van der Waals surface area (Å²) in [5.41, 5.74) is 1.88. The number of carbonyl (C=O) groups excluding carboxylic acids is 1. The summed E-state index contributed by atoms with van der Waals surface area (Å²) in [6.07, 6.45) is 6.03. The topological polar surface area (TPSA) is 41.1 Å². The molecule has 1 heterocycles. The van der Waals surface area contributed by atoms with Crippen LogP contribution in [0.5, 0.6) is 0 Å². The zero-order valence-electron chi connectivity index (χ0n) is 11.2. The van der Waals surface area contributed by atoms with E-state index in [1.54, 1.807) is 13.0 Å². The van der Waals surface area contributed by atoms with Gasteiger partial charge in [0, 0.05) is 12.0 Å². The number of anilines is 2. The Morgan fingerprint density at radius 2 is 1.89 bits per heavy atom. The Bertz CT molecular complexity index is 521. The zero-order chi connectivity index (χ0) is 13.5. The van der Waals surface area contributed by atoms with Crippen molar-refractivity contribution < 1.29 is 9.18 Å². The lowest BCUT2D eigenvalue weighted by Gasteiger charge is -2.37. The molecule has 1 fully saturated rings. The van der Waals surface area contributed by atoms with Crippen LogP contribution < -0.4 is 10.6 Å². The second kappa shape index (κ2) is 4.51. The third-order valence-electron chi connectivity index (χ3n) is 4.28. The molecule has 1 saturated carbocycles. The molecule has 0 radical (unpaired) electrons. The molecule has 1 aliphatic carbocycles. The molecule has 4 heteroatoms. The SMILES string of the molecule is Cc1cc2c(cc1F)NC(=O)CC1(CCCCC1)N2. The van der Waals surface area contributed by atoms with E-state index < -0.39 is 0 Å². The number of fused-ring (bicyclic) bond motifs is 1. The van der Waals surface area contributed by atoms with Crippen molar-refractivity contribution in [2.24, 2.45) is 0 Å². The molecule has 19 heavy (non-hydrogen) atoms. The Morgan fingerprint density at radius 3 is 2.63 bits per heavy atom. The van der Waals surface area contributed by atoms with Crippen LogP contribution in [0.15, 0.2) is 12.1 Å². The molecule has 102 valence electrons. The van der Waals surface area contributed by atoms with E-state index in [4.69, 9.17) is 0 Å². The smallest absolute Gasteiger partial charge is 0.226 e. The van der Waals surface area contributed by atoms with Gasteiger partial charge in [-0.2, -0.15) is 0 Å². The van der Waals surface area contributed by atoms with Gasteiger partial charge in [0.25, 0.3) is 0 Å². The lowest BCUT2D eigenvalue weighted by atomic mass is 9.79. The molecule has 1 aromatic carbocycles. The van der Waals surface area contributed by atoms with Crippen LogP contribution in [0.3, 0.4) is 0 Å². The number of hydrogen-bond donors (Lipinski definition) is 2. The van der Waals surface area contributed by atoms with Crippen LogP contribution in [0.2, 0.25) is 0 Å². The normalized spacial score (nSPS) is 21.3. The van der Waals surface area contributed by atoms with E-state index in [9.17, 15) is 9.18 Å². The summed E-state index contributed by atoms with van der Waals surface area (Å²) in [4.78, 5) is 12.0. The highest BCUT2D eigenvalue weighted by molar-refractivity contribution is 5.97. The van der Waals surface area contributed by atoms with Gasteiger partial charge < -0.3 is 10.6 Å². The highest BCUT2D eigenvalue weighted by atomic mass is 19.1. The third-order valence-corrected chi connectivity index (χ3v) is 4.28. The fraction of sp³-hybridized carbons (Fsp3) is 0.533. The lowest BCUT2D eigenvalue weighted by molar-refractivity contribution is -0.117. The summed E-state index contributed by atoms with van der Waals surface area (Å²) >= 11 is 0. The van der Waals surface area contributed by atoms with E-state index in [0.29, 0.717) is 17.7 Å². The summed E-state index contributed by atoms with van der Waals surface area (Å²) < 4.78 is 13.6. The van der Waals surface area contributed by atoms with Crippen LogP contribution in [-0.4, -0.2) is 11.4 Å². The Balaban J connectivity index is 2.01. The first-order valence-corrected chi connectivity index (χ1v) is 6.96. The van der Waals surface area contributed by atoms with Crippen LogP contribution in [0, 0.1) is 12.7 Å². The number of amides is 1.